The van der Waals surface area contributed by atoms with Crippen molar-refractivity contribution in [2.24, 2.45) is 0 Å². The van der Waals surface area contributed by atoms with Gasteiger partial charge in [0.1, 0.15) is 5.82 Å². The van der Waals surface area contributed by atoms with E-state index in [1.807, 2.05) is 0 Å². The molecule has 3 rings (SSSR count). The number of nitrogens with zero attached hydrogens (tertiary/aromatic N) is 1. The molecular formula is C18H25FN2O3. The molecule has 6 heteroatoms. The summed E-state index contributed by atoms with van der Waals surface area (Å²) in [6.07, 6.45) is 3.68. The van der Waals surface area contributed by atoms with Gasteiger partial charge in [0.05, 0.1) is 18.2 Å². The van der Waals surface area contributed by atoms with Crippen LogP contribution in [0.2, 0.25) is 0 Å². The van der Waals surface area contributed by atoms with Crippen LogP contribution in [-0.4, -0.2) is 48.4 Å². The van der Waals surface area contributed by atoms with Crippen molar-refractivity contribution in [2.45, 2.75) is 43.7 Å². The first kappa shape index (κ1) is 17.2. The van der Waals surface area contributed by atoms with Gasteiger partial charge in [0.2, 0.25) is 0 Å². The largest absolute Gasteiger partial charge is 0.388 e. The van der Waals surface area contributed by atoms with Crippen LogP contribution in [0.15, 0.2) is 18.2 Å². The molecule has 1 aliphatic heterocycles. The van der Waals surface area contributed by atoms with Gasteiger partial charge in [0, 0.05) is 33.1 Å². The minimum atomic E-state index is -0.877. The van der Waals surface area contributed by atoms with Gasteiger partial charge < -0.3 is 20.1 Å². The summed E-state index contributed by atoms with van der Waals surface area (Å²) in [4.78, 5) is 14.0. The summed E-state index contributed by atoms with van der Waals surface area (Å²) in [7, 11) is 1.69. The molecule has 1 saturated heterocycles. The molecule has 1 aromatic rings. The first-order chi connectivity index (χ1) is 11.5. The van der Waals surface area contributed by atoms with Crippen LogP contribution in [0.5, 0.6) is 0 Å². The summed E-state index contributed by atoms with van der Waals surface area (Å²) in [6.45, 7) is 1.33. The maximum Gasteiger partial charge on any atom is 0.317 e. The van der Waals surface area contributed by atoms with Gasteiger partial charge in [0.15, 0.2) is 0 Å². The zero-order valence-corrected chi connectivity index (χ0v) is 14.1. The number of likely N-dealkylation sites (N-methyl/N-ethyl adjacent to an activating group) is 1. The molecule has 0 saturated carbocycles. The van der Waals surface area contributed by atoms with Crippen molar-refractivity contribution >= 4 is 6.03 Å². The van der Waals surface area contributed by atoms with Gasteiger partial charge in [0.25, 0.3) is 0 Å². The first-order valence-corrected chi connectivity index (χ1v) is 8.57. The monoisotopic (exact) mass is 336 g/mol. The molecular weight excluding hydrogens is 311 g/mol. The third-order valence-electron chi connectivity index (χ3n) is 5.02. The Bertz CT molecular complexity index is 602. The fourth-order valence-electron chi connectivity index (χ4n) is 3.61. The number of aryl methyl sites for hydroxylation is 1. The van der Waals surface area contributed by atoms with Crippen LogP contribution in [0.1, 0.15) is 42.9 Å². The zero-order valence-electron chi connectivity index (χ0n) is 14.1. The molecule has 1 atom stereocenters. The quantitative estimate of drug-likeness (QED) is 0.891. The number of rotatable bonds is 3. The Kier molecular flexibility index (Phi) is 5.06. The SMILES string of the molecule is CN(CC1(O)CCOCC1)C(=O)NC1CCCc2cc(F)ccc21. The van der Waals surface area contributed by atoms with Crippen molar-refractivity contribution in [2.75, 3.05) is 26.8 Å². The molecule has 0 radical (unpaired) electrons. The minimum Gasteiger partial charge on any atom is -0.388 e. The Balaban J connectivity index is 1.63. The number of benzene rings is 1. The van der Waals surface area contributed by atoms with Gasteiger partial charge in [-0.1, -0.05) is 6.07 Å². The van der Waals surface area contributed by atoms with Crippen LogP contribution in [0, 0.1) is 5.82 Å². The number of nitrogens with one attached hydrogen (secondary N) is 1. The topological polar surface area (TPSA) is 61.8 Å². The summed E-state index contributed by atoms with van der Waals surface area (Å²) < 4.78 is 18.6. The Labute approximate surface area is 141 Å². The van der Waals surface area contributed by atoms with Gasteiger partial charge in [-0.3, -0.25) is 0 Å². The molecule has 1 aromatic carbocycles. The molecule has 132 valence electrons. The third-order valence-corrected chi connectivity index (χ3v) is 5.02. The number of carbonyl (C=O) groups is 1. The van der Waals surface area contributed by atoms with Crippen LogP contribution in [-0.2, 0) is 11.2 Å². The number of ether oxygens (including phenoxy) is 1. The molecule has 2 amide bonds. The third kappa shape index (κ3) is 3.87. The number of hydrogen-bond donors (Lipinski definition) is 2. The summed E-state index contributed by atoms with van der Waals surface area (Å²) >= 11 is 0. The minimum absolute atomic E-state index is 0.103. The lowest BCUT2D eigenvalue weighted by molar-refractivity contribution is -0.0723. The Morgan fingerprint density at radius 2 is 2.21 bits per heavy atom. The van der Waals surface area contributed by atoms with E-state index in [-0.39, 0.29) is 24.4 Å². The predicted molar refractivity (Wildman–Crippen MR) is 88.2 cm³/mol. The van der Waals surface area contributed by atoms with E-state index in [2.05, 4.69) is 5.32 Å². The second kappa shape index (κ2) is 7.07. The number of carbonyl (C=O) groups excluding carboxylic acids is 1. The smallest absolute Gasteiger partial charge is 0.317 e. The molecule has 1 aliphatic carbocycles. The van der Waals surface area contributed by atoms with Gasteiger partial charge in [-0.15, -0.1) is 0 Å². The van der Waals surface area contributed by atoms with E-state index in [4.69, 9.17) is 4.74 Å². The first-order valence-electron chi connectivity index (χ1n) is 8.57. The van der Waals surface area contributed by atoms with Crippen LogP contribution in [0.25, 0.3) is 0 Å². The van der Waals surface area contributed by atoms with E-state index in [1.54, 1.807) is 19.2 Å². The number of urea groups is 1. The standard InChI is InChI=1S/C18H25FN2O3/c1-21(12-18(23)7-9-24-10-8-18)17(22)20-16-4-2-3-13-11-14(19)5-6-15(13)16/h5-6,11,16,23H,2-4,7-10,12H2,1H3,(H,20,22). The van der Waals surface area contributed by atoms with E-state index in [9.17, 15) is 14.3 Å². The second-order valence-electron chi connectivity index (χ2n) is 6.93. The Hall–Kier alpha value is -1.66. The van der Waals surface area contributed by atoms with Gasteiger partial charge in [-0.05, 0) is 42.5 Å². The number of amides is 2. The van der Waals surface area contributed by atoms with Crippen molar-refractivity contribution in [1.29, 1.82) is 0 Å². The fourth-order valence-corrected chi connectivity index (χ4v) is 3.61. The van der Waals surface area contributed by atoms with Crippen molar-refractivity contribution in [3.63, 3.8) is 0 Å². The highest BCUT2D eigenvalue weighted by Crippen LogP contribution is 2.30. The average molecular weight is 336 g/mol. The fraction of sp³-hybridized carbons (Fsp3) is 0.611. The van der Waals surface area contributed by atoms with E-state index in [0.717, 1.165) is 30.4 Å². The van der Waals surface area contributed by atoms with Gasteiger partial charge in [-0.2, -0.15) is 0 Å². The van der Waals surface area contributed by atoms with Crippen molar-refractivity contribution in [3.05, 3.63) is 35.1 Å². The number of halogens is 1. The molecule has 24 heavy (non-hydrogen) atoms. The summed E-state index contributed by atoms with van der Waals surface area (Å²) in [5.74, 6) is -0.236. The van der Waals surface area contributed by atoms with E-state index in [0.29, 0.717) is 26.1 Å². The Morgan fingerprint density at radius 1 is 1.46 bits per heavy atom. The summed E-state index contributed by atoms with van der Waals surface area (Å²) in [5, 5.41) is 13.6. The normalized spacial score (nSPS) is 22.5. The van der Waals surface area contributed by atoms with Crippen LogP contribution in [0.3, 0.4) is 0 Å². The summed E-state index contributed by atoms with van der Waals surface area (Å²) in [6, 6.07) is 4.45. The molecule has 1 fully saturated rings. The molecule has 0 spiro atoms. The van der Waals surface area contributed by atoms with Crippen molar-refractivity contribution < 1.29 is 19.0 Å². The molecule has 2 aliphatic rings. The molecule has 1 heterocycles. The van der Waals surface area contributed by atoms with Crippen LogP contribution in [0.4, 0.5) is 9.18 Å². The molecule has 0 bridgehead atoms. The maximum absolute atomic E-state index is 13.4. The lowest BCUT2D eigenvalue weighted by Crippen LogP contribution is -2.50. The van der Waals surface area contributed by atoms with Crippen molar-refractivity contribution in [3.8, 4) is 0 Å². The molecule has 5 nitrogen and oxygen atoms in total. The second-order valence-corrected chi connectivity index (χ2v) is 6.93. The zero-order chi connectivity index (χ0) is 17.2. The van der Waals surface area contributed by atoms with E-state index < -0.39 is 5.60 Å². The molecule has 0 aromatic heterocycles. The number of fused-ring (bicyclic) bond motifs is 1. The number of hydrogen-bond acceptors (Lipinski definition) is 3. The van der Waals surface area contributed by atoms with Crippen LogP contribution < -0.4 is 5.32 Å². The molecule has 1 unspecified atom stereocenters. The highest BCUT2D eigenvalue weighted by Gasteiger charge is 2.33. The highest BCUT2D eigenvalue weighted by atomic mass is 19.1. The van der Waals surface area contributed by atoms with E-state index in [1.165, 1.54) is 11.0 Å². The average Bonchev–Trinajstić information content (AvgIpc) is 2.55. The lowest BCUT2D eigenvalue weighted by atomic mass is 9.87. The number of aliphatic hydroxyl groups is 1. The Morgan fingerprint density at radius 3 is 2.96 bits per heavy atom. The van der Waals surface area contributed by atoms with Crippen LogP contribution >= 0.6 is 0 Å². The van der Waals surface area contributed by atoms with E-state index >= 15 is 0 Å². The highest BCUT2D eigenvalue weighted by molar-refractivity contribution is 5.74. The summed E-state index contributed by atoms with van der Waals surface area (Å²) in [5.41, 5.74) is 1.09. The van der Waals surface area contributed by atoms with Gasteiger partial charge >= 0.3 is 6.03 Å². The van der Waals surface area contributed by atoms with Gasteiger partial charge in [-0.25, -0.2) is 9.18 Å². The van der Waals surface area contributed by atoms with Crippen molar-refractivity contribution in [1.82, 2.24) is 10.2 Å². The lowest BCUT2D eigenvalue weighted by Gasteiger charge is -2.36. The maximum atomic E-state index is 13.4. The predicted octanol–water partition coefficient (Wildman–Crippen LogP) is 2.39. The molecule has 2 N–H and O–H groups in total.